The number of rotatable bonds is 2. The minimum atomic E-state index is 0.669. The highest BCUT2D eigenvalue weighted by Gasteiger charge is 2.12. The minimum absolute atomic E-state index is 0.669. The van der Waals surface area contributed by atoms with Gasteiger partial charge in [-0.05, 0) is 37.1 Å². The summed E-state index contributed by atoms with van der Waals surface area (Å²) in [5.41, 5.74) is 5.80. The molecule has 1 aromatic heterocycles. The number of benzene rings is 1. The number of fused-ring (bicyclic) bond motifs is 1. The maximum Gasteiger partial charge on any atom is 0.227 e. The number of anilines is 2. The molecule has 0 atom stereocenters. The molecule has 1 aromatic carbocycles. The van der Waals surface area contributed by atoms with Crippen LogP contribution in [0.5, 0.6) is 0 Å². The van der Waals surface area contributed by atoms with E-state index in [1.165, 1.54) is 16.7 Å². The number of nitrogens with zero attached hydrogens (tertiary/aromatic N) is 2. The van der Waals surface area contributed by atoms with E-state index in [-0.39, 0.29) is 0 Å². The van der Waals surface area contributed by atoms with Gasteiger partial charge in [0, 0.05) is 37.6 Å². The van der Waals surface area contributed by atoms with Gasteiger partial charge in [-0.2, -0.15) is 0 Å². The molecule has 0 saturated heterocycles. The summed E-state index contributed by atoms with van der Waals surface area (Å²) in [5.74, 6) is 0.669. The number of nitrogens with one attached hydrogen (secondary N) is 2. The standard InChI is InChI=1S/C14H16N4.CH4O/c1-9-3-10(2)5-12(4-9)17-14-16-7-11-6-15-8-13(11)18-14;1-2/h3-5,7,15H,6,8H2,1-2H3,(H,16,17,18);2H,1H3. The molecule has 1 aliphatic heterocycles. The summed E-state index contributed by atoms with van der Waals surface area (Å²) in [6, 6.07) is 6.35. The number of aromatic nitrogens is 2. The van der Waals surface area contributed by atoms with Crippen LogP contribution in [0.2, 0.25) is 0 Å². The van der Waals surface area contributed by atoms with Crippen molar-refractivity contribution in [1.82, 2.24) is 15.3 Å². The molecule has 0 aliphatic carbocycles. The molecule has 20 heavy (non-hydrogen) atoms. The highest BCUT2D eigenvalue weighted by Crippen LogP contribution is 2.19. The predicted molar refractivity (Wildman–Crippen MR) is 79.9 cm³/mol. The van der Waals surface area contributed by atoms with Gasteiger partial charge in [-0.1, -0.05) is 6.07 Å². The van der Waals surface area contributed by atoms with E-state index in [9.17, 15) is 0 Å². The van der Waals surface area contributed by atoms with Crippen LogP contribution in [0.3, 0.4) is 0 Å². The molecule has 0 unspecified atom stereocenters. The first-order valence-electron chi connectivity index (χ1n) is 6.56. The fourth-order valence-corrected chi connectivity index (χ4v) is 2.29. The molecule has 5 heteroatoms. The first-order chi connectivity index (χ1) is 9.70. The third kappa shape index (κ3) is 3.31. The molecule has 0 radical (unpaired) electrons. The molecule has 0 bridgehead atoms. The van der Waals surface area contributed by atoms with Gasteiger partial charge in [0.05, 0.1) is 5.69 Å². The summed E-state index contributed by atoms with van der Waals surface area (Å²) in [6.45, 7) is 5.88. The molecule has 106 valence electrons. The van der Waals surface area contributed by atoms with Crippen molar-refractivity contribution >= 4 is 11.6 Å². The Morgan fingerprint density at radius 2 is 1.80 bits per heavy atom. The second-order valence-corrected chi connectivity index (χ2v) is 4.77. The zero-order valence-electron chi connectivity index (χ0n) is 12.1. The summed E-state index contributed by atoms with van der Waals surface area (Å²) < 4.78 is 0. The van der Waals surface area contributed by atoms with Crippen molar-refractivity contribution < 1.29 is 5.11 Å². The van der Waals surface area contributed by atoms with Crippen molar-refractivity contribution in [2.45, 2.75) is 26.9 Å². The van der Waals surface area contributed by atoms with Gasteiger partial charge in [-0.15, -0.1) is 0 Å². The van der Waals surface area contributed by atoms with E-state index in [2.05, 4.69) is 52.6 Å². The van der Waals surface area contributed by atoms with E-state index < -0.39 is 0 Å². The lowest BCUT2D eigenvalue weighted by Gasteiger charge is -2.08. The van der Waals surface area contributed by atoms with Crippen LogP contribution in [0, 0.1) is 13.8 Å². The first-order valence-corrected chi connectivity index (χ1v) is 6.56. The Morgan fingerprint density at radius 3 is 2.50 bits per heavy atom. The maximum absolute atomic E-state index is 7.00. The predicted octanol–water partition coefficient (Wildman–Crippen LogP) is 2.05. The van der Waals surface area contributed by atoms with E-state index in [1.807, 2.05) is 6.20 Å². The highest BCUT2D eigenvalue weighted by atomic mass is 16.2. The normalized spacial score (nSPS) is 12.4. The molecule has 0 fully saturated rings. The van der Waals surface area contributed by atoms with E-state index in [1.54, 1.807) is 0 Å². The minimum Gasteiger partial charge on any atom is -0.400 e. The fourth-order valence-electron chi connectivity index (χ4n) is 2.29. The summed E-state index contributed by atoms with van der Waals surface area (Å²) in [6.07, 6.45) is 1.90. The van der Waals surface area contributed by atoms with Gasteiger partial charge in [0.2, 0.25) is 5.95 Å². The second-order valence-electron chi connectivity index (χ2n) is 4.77. The Labute approximate surface area is 119 Å². The number of aryl methyl sites for hydroxylation is 2. The Hall–Kier alpha value is -1.98. The first kappa shape index (κ1) is 14.4. The van der Waals surface area contributed by atoms with Gasteiger partial charge < -0.3 is 15.7 Å². The highest BCUT2D eigenvalue weighted by molar-refractivity contribution is 5.56. The third-order valence-corrected chi connectivity index (χ3v) is 3.04. The molecule has 0 spiro atoms. The quantitative estimate of drug-likeness (QED) is 0.780. The zero-order chi connectivity index (χ0) is 14.5. The third-order valence-electron chi connectivity index (χ3n) is 3.04. The van der Waals surface area contributed by atoms with Crippen molar-refractivity contribution in [2.24, 2.45) is 0 Å². The van der Waals surface area contributed by atoms with Gasteiger partial charge in [0.25, 0.3) is 0 Å². The molecule has 2 aromatic rings. The van der Waals surface area contributed by atoms with Crippen molar-refractivity contribution in [3.05, 3.63) is 46.8 Å². The van der Waals surface area contributed by atoms with Gasteiger partial charge in [0.1, 0.15) is 0 Å². The molecule has 0 saturated carbocycles. The molecular formula is C15H20N4O. The molecule has 1 aliphatic rings. The Kier molecular flexibility index (Phi) is 4.65. The number of aliphatic hydroxyl groups excluding tert-OH is 1. The zero-order valence-corrected chi connectivity index (χ0v) is 12.1. The molecule has 2 heterocycles. The average Bonchev–Trinajstić information content (AvgIpc) is 2.87. The van der Waals surface area contributed by atoms with Gasteiger partial charge >= 0.3 is 0 Å². The average molecular weight is 272 g/mol. The van der Waals surface area contributed by atoms with Gasteiger partial charge in [-0.25, -0.2) is 9.97 Å². The van der Waals surface area contributed by atoms with Crippen LogP contribution >= 0.6 is 0 Å². The lowest BCUT2D eigenvalue weighted by atomic mass is 10.1. The molecule has 5 nitrogen and oxygen atoms in total. The molecule has 0 amide bonds. The summed E-state index contributed by atoms with van der Waals surface area (Å²) >= 11 is 0. The lowest BCUT2D eigenvalue weighted by Crippen LogP contribution is -2.02. The van der Waals surface area contributed by atoms with Gasteiger partial charge in [0.15, 0.2) is 0 Å². The number of aliphatic hydroxyl groups is 1. The van der Waals surface area contributed by atoms with Crippen LogP contribution in [0.25, 0.3) is 0 Å². The molecule has 3 rings (SSSR count). The van der Waals surface area contributed by atoms with E-state index in [4.69, 9.17) is 5.11 Å². The van der Waals surface area contributed by atoms with Crippen LogP contribution in [0.4, 0.5) is 11.6 Å². The Morgan fingerprint density at radius 1 is 1.10 bits per heavy atom. The van der Waals surface area contributed by atoms with Crippen LogP contribution in [-0.2, 0) is 13.1 Å². The smallest absolute Gasteiger partial charge is 0.227 e. The van der Waals surface area contributed by atoms with E-state index in [0.29, 0.717) is 5.95 Å². The molecular weight excluding hydrogens is 252 g/mol. The fraction of sp³-hybridized carbons (Fsp3) is 0.333. The molecule has 3 N–H and O–H groups in total. The summed E-state index contributed by atoms with van der Waals surface area (Å²) in [4.78, 5) is 8.87. The maximum atomic E-state index is 7.00. The van der Waals surface area contributed by atoms with Crippen molar-refractivity contribution in [2.75, 3.05) is 12.4 Å². The van der Waals surface area contributed by atoms with E-state index >= 15 is 0 Å². The van der Waals surface area contributed by atoms with Crippen molar-refractivity contribution in [3.8, 4) is 0 Å². The van der Waals surface area contributed by atoms with Crippen molar-refractivity contribution in [1.29, 1.82) is 0 Å². The summed E-state index contributed by atoms with van der Waals surface area (Å²) in [7, 11) is 1.00. The SMILES string of the molecule is CO.Cc1cc(C)cc(Nc2ncc3c(n2)CNC3)c1. The van der Waals surface area contributed by atoms with E-state index in [0.717, 1.165) is 31.6 Å². The number of hydrogen-bond acceptors (Lipinski definition) is 5. The van der Waals surface area contributed by atoms with Crippen LogP contribution < -0.4 is 10.6 Å². The number of hydrogen-bond donors (Lipinski definition) is 3. The topological polar surface area (TPSA) is 70.1 Å². The van der Waals surface area contributed by atoms with Crippen LogP contribution in [0.15, 0.2) is 24.4 Å². The van der Waals surface area contributed by atoms with Crippen LogP contribution in [0.1, 0.15) is 22.4 Å². The van der Waals surface area contributed by atoms with Crippen molar-refractivity contribution in [3.63, 3.8) is 0 Å². The largest absolute Gasteiger partial charge is 0.400 e. The van der Waals surface area contributed by atoms with Crippen LogP contribution in [-0.4, -0.2) is 22.2 Å². The Bertz CT molecular complexity index is 578. The monoisotopic (exact) mass is 272 g/mol. The summed E-state index contributed by atoms with van der Waals surface area (Å²) in [5, 5.41) is 13.5. The Balaban J connectivity index is 0.000000704. The second kappa shape index (κ2) is 6.45. The lowest BCUT2D eigenvalue weighted by molar-refractivity contribution is 0.399. The van der Waals surface area contributed by atoms with Gasteiger partial charge in [-0.3, -0.25) is 0 Å².